The van der Waals surface area contributed by atoms with Crippen LogP contribution in [0.25, 0.3) is 0 Å². The Morgan fingerprint density at radius 2 is 0.645 bits per heavy atom. The molecule has 18 rings (SSSR count). The lowest BCUT2D eigenvalue weighted by Crippen LogP contribution is -2.50. The molecule has 0 spiro atoms. The summed E-state index contributed by atoms with van der Waals surface area (Å²) in [5.41, 5.74) is -2.56. The average Bonchev–Trinajstić information content (AvgIpc) is 1.62. The van der Waals surface area contributed by atoms with Crippen LogP contribution in [0.2, 0.25) is 5.02 Å². The van der Waals surface area contributed by atoms with Crippen LogP contribution in [0.4, 0.5) is 41.5 Å². The van der Waals surface area contributed by atoms with E-state index in [2.05, 4.69) is 47.9 Å². The third kappa shape index (κ3) is 21.2. The molecule has 2 saturated carbocycles. The predicted molar refractivity (Wildman–Crippen MR) is 508 cm³/mol. The van der Waals surface area contributed by atoms with E-state index in [-0.39, 0.29) is 83.9 Å². The van der Waals surface area contributed by atoms with Gasteiger partial charge in [0.05, 0.1) is 52.0 Å². The number of amides is 15. The molecule has 5 atom stereocenters. The number of halogens is 5. The molecular weight excluding hydrogens is 1850 g/mol. The van der Waals surface area contributed by atoms with Gasteiger partial charge in [-0.1, -0.05) is 78.7 Å². The number of hydrogen-bond acceptors (Lipinski definition) is 19. The summed E-state index contributed by atoms with van der Waals surface area (Å²) >= 11 is 5.88. The number of carbonyl (C=O) groups excluding carboxylic acids is 10. The van der Waals surface area contributed by atoms with Gasteiger partial charge in [0.2, 0.25) is 5.82 Å². The van der Waals surface area contributed by atoms with Crippen molar-refractivity contribution in [3.63, 3.8) is 0 Å². The van der Waals surface area contributed by atoms with Gasteiger partial charge in [0.25, 0.3) is 57.3 Å². The smallest absolute Gasteiger partial charge is 0.322 e. The number of imide groups is 5. The van der Waals surface area contributed by atoms with Crippen molar-refractivity contribution in [2.24, 2.45) is 0 Å². The topological polar surface area (TPSA) is 438 Å². The van der Waals surface area contributed by atoms with Gasteiger partial charge in [-0.05, 0) is 261 Å². The molecule has 11 aromatic rings. The van der Waals surface area contributed by atoms with Gasteiger partial charge in [0, 0.05) is 69.4 Å². The number of hydrogen-bond donors (Lipinski definition) is 10. The minimum Gasteiger partial charge on any atom is -0.494 e. The van der Waals surface area contributed by atoms with E-state index in [4.69, 9.17) is 30.5 Å². The fourth-order valence-electron chi connectivity index (χ4n) is 18.0. The van der Waals surface area contributed by atoms with Gasteiger partial charge in [0.15, 0.2) is 50.9 Å². The average molecular weight is 1950 g/mol. The first kappa shape index (κ1) is 101. The minimum absolute atomic E-state index is 0.00674. The molecule has 10 N–H and O–H groups in total. The number of rotatable bonds is 22. The highest BCUT2D eigenvalue weighted by molar-refractivity contribution is 6.30. The van der Waals surface area contributed by atoms with E-state index in [1.807, 2.05) is 50.4 Å². The Bertz CT molecular complexity index is 7140. The molecule has 10 heterocycles. The fraction of sp³-hybridized carbons (Fsp3) is 0.304. The second-order valence-corrected chi connectivity index (χ2v) is 36.1. The molecular formula is C102H102ClF4N15O19. The number of benzene rings is 6. The standard InChI is InChI=1S/2C23H27N3O4.C22H18ClN3O4.C17H15F2N3O4.C17H15F2N3O3/c1-14-7-6-10-26(20(14)27)13-23(21(28)24-22(29)25-23)17-11-15(2)19(16(3)12-17)30-18-8-4-5-9-18;1-15-7-6-12-26(20(15)27)14-23(21(28)24-22(29)25-23)17-10-11-19(16(2)13-17)30-18-8-4-3-5-9-18;1-14-3-2-12-26(19(14)27)13-22(20(28)24-21(29)25-22)15-4-8-17(9-5-15)30-18-10-6-16(23)7-11-18;1-9-4-3-5-22(14(9)23)8-17(15(24)20-16(25)21-17)10-6-11(18)13(19)12(7-10)26-2;1-9-5-6-11(13(19)12(9)18)17(15(24)20-16(25)21-17)8-22-7-3-4-10(2)14(22)23/h6-7,10-12,18H,4-5,8-9,13H2,1-3H3,(H2,24,25,28,29);6-7,10-13,18H,3-5,8-9,14H2,1-2H3,(H2,24,25,28,29);2-12H,13H2,1H3,(H2,24,25,28,29);3-7H,8H2,1-2H3,(H2,20,21,24,25);3-7H,8H2,1-2H3,(H2,20,21,24,25). The van der Waals surface area contributed by atoms with Gasteiger partial charge in [0.1, 0.15) is 23.0 Å². The summed E-state index contributed by atoms with van der Waals surface area (Å²) < 4.78 is 86.1. The van der Waals surface area contributed by atoms with Crippen molar-refractivity contribution < 1.29 is 84.5 Å². The monoisotopic (exact) mass is 1950 g/mol. The van der Waals surface area contributed by atoms with Crippen LogP contribution in [0.5, 0.6) is 28.7 Å². The van der Waals surface area contributed by atoms with Crippen LogP contribution in [0, 0.1) is 85.6 Å². The van der Waals surface area contributed by atoms with E-state index in [0.29, 0.717) is 61.0 Å². The molecule has 5 aliphatic heterocycles. The Morgan fingerprint density at radius 1 is 0.319 bits per heavy atom. The molecule has 734 valence electrons. The molecule has 5 unspecified atom stereocenters. The molecule has 39 heteroatoms. The number of ether oxygens (including phenoxy) is 4. The first-order chi connectivity index (χ1) is 67.1. The Balaban J connectivity index is 0.000000140. The summed E-state index contributed by atoms with van der Waals surface area (Å²) in [6.07, 6.45) is 18.4. The number of methoxy groups -OCH3 is 1. The van der Waals surface area contributed by atoms with Crippen molar-refractivity contribution in [3.05, 3.63) is 353 Å². The fourth-order valence-corrected chi connectivity index (χ4v) is 18.1. The number of pyridine rings is 5. The zero-order valence-electron chi connectivity index (χ0n) is 78.4. The largest absolute Gasteiger partial charge is 0.494 e. The van der Waals surface area contributed by atoms with E-state index in [1.165, 1.54) is 86.4 Å². The normalized spacial score (nSPS) is 20.1. The molecule has 7 fully saturated rings. The quantitative estimate of drug-likeness (QED) is 0.0222. The third-order valence-corrected chi connectivity index (χ3v) is 25.9. The van der Waals surface area contributed by atoms with Crippen molar-refractivity contribution in [1.82, 2.24) is 76.0 Å². The molecule has 2 aliphatic carbocycles. The number of aryl methyl sites for hydroxylation is 9. The maximum atomic E-state index is 14.5. The van der Waals surface area contributed by atoms with E-state index in [0.717, 1.165) is 73.1 Å². The van der Waals surface area contributed by atoms with Crippen LogP contribution in [0.1, 0.15) is 136 Å². The molecule has 7 aliphatic rings. The van der Waals surface area contributed by atoms with E-state index in [1.54, 1.807) is 168 Å². The van der Waals surface area contributed by atoms with Crippen molar-refractivity contribution in [1.29, 1.82) is 0 Å². The second-order valence-electron chi connectivity index (χ2n) is 35.6. The van der Waals surface area contributed by atoms with Gasteiger partial charge in [-0.25, -0.2) is 37.1 Å². The Hall–Kier alpha value is -16.0. The third-order valence-electron chi connectivity index (χ3n) is 25.7. The predicted octanol–water partition coefficient (Wildman–Crippen LogP) is 11.7. The molecule has 34 nitrogen and oxygen atoms in total. The van der Waals surface area contributed by atoms with Crippen LogP contribution < -0.4 is 99.9 Å². The summed E-state index contributed by atoms with van der Waals surface area (Å²) in [6, 6.07) is 40.8. The highest BCUT2D eigenvalue weighted by Gasteiger charge is 2.54. The SMILES string of the molecule is COc1cc(C2(Cn3cccc(C)c3=O)NC(=O)NC2=O)cc(F)c1F.Cc1cc(C2(Cn3cccc(C)c3=O)NC(=O)NC2=O)cc(C)c1OC1CCCC1.Cc1cc(C2(Cn3cccc(C)c3=O)NC(=O)NC2=O)ccc1OC1CCCCC1.Cc1ccc(C2(Cn3cccc(C)c3=O)NC(=O)NC2=O)c(F)c1F.Cc1cccn(CC2(c3ccc(Oc4ccc(Cl)cc4)cc3)NC(=O)NC2=O)c1=O. The lowest BCUT2D eigenvalue weighted by atomic mass is 9.87. The molecule has 5 saturated heterocycles. The number of nitrogens with zero attached hydrogens (tertiary/aromatic N) is 5. The van der Waals surface area contributed by atoms with E-state index in [9.17, 15) is 89.5 Å². The number of nitrogens with one attached hydrogen (secondary N) is 10. The zero-order chi connectivity index (χ0) is 101. The lowest BCUT2D eigenvalue weighted by Gasteiger charge is -2.29. The lowest BCUT2D eigenvalue weighted by molar-refractivity contribution is -0.125. The van der Waals surface area contributed by atoms with Crippen LogP contribution in [0.3, 0.4) is 0 Å². The summed E-state index contributed by atoms with van der Waals surface area (Å²) in [5, 5.41) is 24.6. The number of carbonyl (C=O) groups is 10. The molecule has 0 radical (unpaired) electrons. The van der Waals surface area contributed by atoms with Gasteiger partial charge in [-0.15, -0.1) is 0 Å². The molecule has 0 bridgehead atoms. The van der Waals surface area contributed by atoms with Crippen molar-refractivity contribution in [2.45, 2.75) is 193 Å². The first-order valence-corrected chi connectivity index (χ1v) is 45.6. The number of urea groups is 5. The van der Waals surface area contributed by atoms with Crippen LogP contribution in [-0.4, -0.2) is 102 Å². The maximum Gasteiger partial charge on any atom is 0.322 e. The zero-order valence-corrected chi connectivity index (χ0v) is 79.2. The van der Waals surface area contributed by atoms with Crippen LogP contribution >= 0.6 is 11.6 Å². The molecule has 6 aromatic carbocycles. The summed E-state index contributed by atoms with van der Waals surface area (Å²) in [4.78, 5) is 185. The summed E-state index contributed by atoms with van der Waals surface area (Å²) in [6.45, 7) is 14.8. The highest BCUT2D eigenvalue weighted by Crippen LogP contribution is 2.40. The van der Waals surface area contributed by atoms with Crippen molar-refractivity contribution in [2.75, 3.05) is 7.11 Å². The highest BCUT2D eigenvalue weighted by atomic mass is 35.5. The molecule has 15 amide bonds. The van der Waals surface area contributed by atoms with Crippen molar-refractivity contribution >= 4 is 71.3 Å². The summed E-state index contributed by atoms with van der Waals surface area (Å²) in [7, 11) is 1.15. The summed E-state index contributed by atoms with van der Waals surface area (Å²) in [5.74, 6) is -5.56. The van der Waals surface area contributed by atoms with Gasteiger partial charge in [-0.3, -0.25) is 74.5 Å². The van der Waals surface area contributed by atoms with E-state index >= 15 is 0 Å². The first-order valence-electron chi connectivity index (χ1n) is 45.2. The Morgan fingerprint density at radius 3 is 1.01 bits per heavy atom. The van der Waals surface area contributed by atoms with Gasteiger partial charge < -0.3 is 68.4 Å². The van der Waals surface area contributed by atoms with E-state index < -0.39 is 122 Å². The van der Waals surface area contributed by atoms with Crippen molar-refractivity contribution in [3.8, 4) is 28.7 Å². The van der Waals surface area contributed by atoms with Gasteiger partial charge in [-0.2, -0.15) is 4.39 Å². The minimum atomic E-state index is -1.92. The van der Waals surface area contributed by atoms with Crippen LogP contribution in [0.15, 0.2) is 219 Å². The molecule has 141 heavy (non-hydrogen) atoms. The van der Waals surface area contributed by atoms with Crippen LogP contribution in [-0.2, 0) is 84.4 Å². The Labute approximate surface area is 808 Å². The maximum absolute atomic E-state index is 14.5. The second kappa shape index (κ2) is 41.7. The van der Waals surface area contributed by atoms with Gasteiger partial charge >= 0.3 is 30.2 Å². The molecule has 5 aromatic heterocycles. The Kier molecular flexibility index (Phi) is 29.9. The number of aromatic nitrogens is 5.